The highest BCUT2D eigenvalue weighted by atomic mass is 79.9. The van der Waals surface area contributed by atoms with Gasteiger partial charge in [0.05, 0.1) is 12.5 Å². The quantitative estimate of drug-likeness (QED) is 0.801. The van der Waals surface area contributed by atoms with Crippen LogP contribution in [0.25, 0.3) is 0 Å². The van der Waals surface area contributed by atoms with Crippen LogP contribution in [0.2, 0.25) is 0 Å². The zero-order valence-corrected chi connectivity index (χ0v) is 12.6. The molecule has 1 saturated heterocycles. The van der Waals surface area contributed by atoms with Crippen LogP contribution < -0.4 is 0 Å². The molecule has 102 valence electrons. The van der Waals surface area contributed by atoms with Crippen LogP contribution >= 0.6 is 15.9 Å². The van der Waals surface area contributed by atoms with Crippen molar-refractivity contribution in [1.82, 2.24) is 4.90 Å². The van der Waals surface area contributed by atoms with E-state index >= 15 is 0 Å². The van der Waals surface area contributed by atoms with Crippen LogP contribution in [0.15, 0.2) is 22.7 Å². The van der Waals surface area contributed by atoms with E-state index in [0.29, 0.717) is 12.6 Å². The zero-order chi connectivity index (χ0) is 13.4. The molecule has 4 heteroatoms. The third-order valence-electron chi connectivity index (χ3n) is 4.12. The van der Waals surface area contributed by atoms with E-state index in [2.05, 4.69) is 39.0 Å². The lowest BCUT2D eigenvalue weighted by Gasteiger charge is -2.42. The van der Waals surface area contributed by atoms with Gasteiger partial charge in [-0.2, -0.15) is 0 Å². The van der Waals surface area contributed by atoms with Crippen molar-refractivity contribution in [3.8, 4) is 0 Å². The molecule has 1 aliphatic carbocycles. The normalized spacial score (nSPS) is 22.9. The lowest BCUT2D eigenvalue weighted by atomic mass is 9.95. The summed E-state index contributed by atoms with van der Waals surface area (Å²) in [6.07, 6.45) is 2.31. The Morgan fingerprint density at radius 3 is 3.00 bits per heavy atom. The zero-order valence-electron chi connectivity index (χ0n) is 11.1. The molecule has 3 nitrogen and oxygen atoms in total. The van der Waals surface area contributed by atoms with Gasteiger partial charge in [-0.1, -0.05) is 22.0 Å². The first-order chi connectivity index (χ1) is 9.19. The number of hydrogen-bond acceptors (Lipinski definition) is 3. The van der Waals surface area contributed by atoms with E-state index < -0.39 is 0 Å². The average Bonchev–Trinajstić information content (AvgIpc) is 2.70. The Morgan fingerprint density at radius 2 is 2.26 bits per heavy atom. The number of benzene rings is 1. The van der Waals surface area contributed by atoms with Crippen LogP contribution in [0, 0.1) is 5.92 Å². The molecule has 19 heavy (non-hydrogen) atoms. The molecule has 3 rings (SSSR count). The second-order valence-corrected chi connectivity index (χ2v) is 6.22. The summed E-state index contributed by atoms with van der Waals surface area (Å²) < 4.78 is 6.22. The van der Waals surface area contributed by atoms with Crippen LogP contribution in [0.3, 0.4) is 0 Å². The fraction of sp³-hybridized carbons (Fsp3) is 0.533. The van der Waals surface area contributed by atoms with E-state index in [1.165, 1.54) is 17.5 Å². The molecule has 2 aliphatic rings. The second-order valence-electron chi connectivity index (χ2n) is 5.30. The smallest absolute Gasteiger partial charge is 0.311 e. The number of esters is 1. The molecular weight excluding hydrogens is 306 g/mol. The summed E-state index contributed by atoms with van der Waals surface area (Å²) in [5, 5.41) is 0. The highest BCUT2D eigenvalue weighted by Gasteiger charge is 2.40. The number of hydrogen-bond donors (Lipinski definition) is 0. The van der Waals surface area contributed by atoms with Crippen molar-refractivity contribution < 1.29 is 9.53 Å². The number of ether oxygens (including phenoxy) is 1. The van der Waals surface area contributed by atoms with Gasteiger partial charge in [-0.25, -0.2) is 0 Å². The molecule has 0 N–H and O–H groups in total. The standard InChI is InChI=1S/C15H18BrNO2/c1-2-19-15(18)11-8-17(9-11)14-6-3-10-7-12(16)4-5-13(10)14/h4-5,7,11,14H,2-3,6,8-9H2,1H3/t14-/m1/s1. The number of nitrogens with zero attached hydrogens (tertiary/aromatic N) is 1. The summed E-state index contributed by atoms with van der Waals surface area (Å²) in [5.74, 6) is 0.0484. The fourth-order valence-corrected chi connectivity index (χ4v) is 3.53. The van der Waals surface area contributed by atoms with Gasteiger partial charge in [0.1, 0.15) is 0 Å². The topological polar surface area (TPSA) is 29.5 Å². The first-order valence-corrected chi connectivity index (χ1v) is 7.67. The summed E-state index contributed by atoms with van der Waals surface area (Å²) in [7, 11) is 0. The Labute approximate surface area is 122 Å². The van der Waals surface area contributed by atoms with Crippen LogP contribution in [-0.2, 0) is 16.0 Å². The van der Waals surface area contributed by atoms with Crippen molar-refractivity contribution in [2.24, 2.45) is 5.92 Å². The third-order valence-corrected chi connectivity index (χ3v) is 4.61. The van der Waals surface area contributed by atoms with Gasteiger partial charge in [0.25, 0.3) is 0 Å². The molecule has 1 aromatic rings. The maximum absolute atomic E-state index is 11.6. The summed E-state index contributed by atoms with van der Waals surface area (Å²) >= 11 is 3.52. The summed E-state index contributed by atoms with van der Waals surface area (Å²) in [6, 6.07) is 7.04. The largest absolute Gasteiger partial charge is 0.466 e. The lowest BCUT2D eigenvalue weighted by molar-refractivity contribution is -0.155. The van der Waals surface area contributed by atoms with Crippen LogP contribution in [0.1, 0.15) is 30.5 Å². The number of carbonyl (C=O) groups is 1. The van der Waals surface area contributed by atoms with Crippen LogP contribution in [0.5, 0.6) is 0 Å². The summed E-state index contributed by atoms with van der Waals surface area (Å²) in [6.45, 7) is 4.03. The second kappa shape index (κ2) is 5.25. The molecule has 0 spiro atoms. The van der Waals surface area contributed by atoms with Gasteiger partial charge in [0.2, 0.25) is 0 Å². The van der Waals surface area contributed by atoms with Crippen molar-refractivity contribution in [1.29, 1.82) is 0 Å². The van der Waals surface area contributed by atoms with Gasteiger partial charge in [-0.05, 0) is 43.0 Å². The molecule has 0 saturated carbocycles. The molecule has 0 unspecified atom stereocenters. The van der Waals surface area contributed by atoms with Crippen molar-refractivity contribution in [2.75, 3.05) is 19.7 Å². The van der Waals surface area contributed by atoms with Crippen molar-refractivity contribution >= 4 is 21.9 Å². The Bertz CT molecular complexity index is 497. The number of carbonyl (C=O) groups excluding carboxylic acids is 1. The van der Waals surface area contributed by atoms with E-state index in [1.54, 1.807) is 0 Å². The molecule has 1 heterocycles. The van der Waals surface area contributed by atoms with Gasteiger partial charge < -0.3 is 4.74 Å². The first-order valence-electron chi connectivity index (χ1n) is 6.88. The molecule has 0 aromatic heterocycles. The molecule has 1 aliphatic heterocycles. The van der Waals surface area contributed by atoms with Gasteiger partial charge in [0, 0.05) is 23.6 Å². The lowest BCUT2D eigenvalue weighted by Crippen LogP contribution is -2.51. The van der Waals surface area contributed by atoms with E-state index in [4.69, 9.17) is 4.74 Å². The molecule has 0 amide bonds. The van der Waals surface area contributed by atoms with Gasteiger partial charge >= 0.3 is 5.97 Å². The molecule has 1 aromatic carbocycles. The molecule has 0 radical (unpaired) electrons. The minimum atomic E-state index is -0.0345. The Kier molecular flexibility index (Phi) is 3.63. The molecule has 0 bridgehead atoms. The van der Waals surface area contributed by atoms with Gasteiger partial charge in [-0.3, -0.25) is 9.69 Å². The number of fused-ring (bicyclic) bond motifs is 1. The Hall–Kier alpha value is -0.870. The maximum atomic E-state index is 11.6. The Morgan fingerprint density at radius 1 is 1.47 bits per heavy atom. The summed E-state index contributed by atoms with van der Waals surface area (Å²) in [5.41, 5.74) is 2.88. The minimum Gasteiger partial charge on any atom is -0.466 e. The van der Waals surface area contributed by atoms with E-state index in [9.17, 15) is 4.79 Å². The minimum absolute atomic E-state index is 0.0345. The van der Waals surface area contributed by atoms with Crippen molar-refractivity contribution in [3.63, 3.8) is 0 Å². The van der Waals surface area contributed by atoms with E-state index in [0.717, 1.165) is 24.0 Å². The van der Waals surface area contributed by atoms with Crippen molar-refractivity contribution in [3.05, 3.63) is 33.8 Å². The maximum Gasteiger partial charge on any atom is 0.311 e. The molecular formula is C15H18BrNO2. The van der Waals surface area contributed by atoms with Crippen molar-refractivity contribution in [2.45, 2.75) is 25.8 Å². The third kappa shape index (κ3) is 2.43. The monoisotopic (exact) mass is 323 g/mol. The highest BCUT2D eigenvalue weighted by Crippen LogP contribution is 2.40. The summed E-state index contributed by atoms with van der Waals surface area (Å²) in [4.78, 5) is 14.0. The van der Waals surface area contributed by atoms with Crippen LogP contribution in [0.4, 0.5) is 0 Å². The molecule has 1 fully saturated rings. The fourth-order valence-electron chi connectivity index (χ4n) is 3.12. The van der Waals surface area contributed by atoms with Crippen LogP contribution in [-0.4, -0.2) is 30.6 Å². The highest BCUT2D eigenvalue weighted by molar-refractivity contribution is 9.10. The predicted octanol–water partition coefficient (Wildman–Crippen LogP) is 2.93. The predicted molar refractivity (Wildman–Crippen MR) is 76.9 cm³/mol. The molecule has 1 atom stereocenters. The van der Waals surface area contributed by atoms with E-state index in [1.807, 2.05) is 6.92 Å². The number of halogens is 1. The number of likely N-dealkylation sites (tertiary alicyclic amines) is 1. The first kappa shape index (κ1) is 13.1. The van der Waals surface area contributed by atoms with E-state index in [-0.39, 0.29) is 11.9 Å². The number of aryl methyl sites for hydroxylation is 1. The Balaban J connectivity index is 1.64. The average molecular weight is 324 g/mol. The SMILES string of the molecule is CCOC(=O)C1CN([C@@H]2CCc3cc(Br)ccc32)C1. The van der Waals surface area contributed by atoms with Gasteiger partial charge in [0.15, 0.2) is 0 Å². The van der Waals surface area contributed by atoms with Gasteiger partial charge in [-0.15, -0.1) is 0 Å². The number of rotatable bonds is 3.